The highest BCUT2D eigenvalue weighted by molar-refractivity contribution is 9.09. The summed E-state index contributed by atoms with van der Waals surface area (Å²) in [5.74, 6) is -0.371. The van der Waals surface area contributed by atoms with Crippen LogP contribution >= 0.6 is 15.9 Å². The summed E-state index contributed by atoms with van der Waals surface area (Å²) >= 11 is 3.39. The van der Waals surface area contributed by atoms with Crippen LogP contribution in [-0.2, 0) is 19.1 Å². The summed E-state index contributed by atoms with van der Waals surface area (Å²) in [4.78, 5) is 24.4. The number of rotatable bonds is 35. The van der Waals surface area contributed by atoms with E-state index in [0.717, 1.165) is 32.1 Å². The molecule has 0 radical (unpaired) electrons. The molecule has 5 heteroatoms. The van der Waals surface area contributed by atoms with Crippen LogP contribution in [0.4, 0.5) is 0 Å². The van der Waals surface area contributed by atoms with Crippen LogP contribution < -0.4 is 0 Å². The Morgan fingerprint density at radius 2 is 0.841 bits per heavy atom. The van der Waals surface area contributed by atoms with E-state index in [1.54, 1.807) is 0 Å². The van der Waals surface area contributed by atoms with E-state index in [4.69, 9.17) is 9.47 Å². The largest absolute Gasteiger partial charge is 0.462 e. The summed E-state index contributed by atoms with van der Waals surface area (Å²) in [5, 5.41) is 0.483. The van der Waals surface area contributed by atoms with E-state index in [0.29, 0.717) is 18.2 Å². The SMILES string of the molecule is CCCCCCCCC=CCCCCCCCC(=O)OC(CBr)COC(=O)CCCCCCCCCCCCCCCCC. The van der Waals surface area contributed by atoms with Crippen LogP contribution in [0.1, 0.15) is 206 Å². The standard InChI is InChI=1S/C39H73BrO4/c1-3-5-7-9-11-13-15-17-19-21-23-25-27-29-31-33-38(41)43-36-37(35-40)44-39(42)34-32-30-28-26-24-22-20-18-16-14-12-10-8-6-4-2/h18,20,37H,3-17,19,21-36H2,1-2H3. The summed E-state index contributed by atoms with van der Waals surface area (Å²) in [6, 6.07) is 0. The first-order valence-electron chi connectivity index (χ1n) is 19.2. The lowest BCUT2D eigenvalue weighted by Crippen LogP contribution is -2.26. The van der Waals surface area contributed by atoms with Crippen molar-refractivity contribution in [2.45, 2.75) is 213 Å². The Morgan fingerprint density at radius 1 is 0.500 bits per heavy atom. The molecular formula is C39H73BrO4. The predicted octanol–water partition coefficient (Wildman–Crippen LogP) is 13.1. The molecule has 0 aliphatic heterocycles. The Labute approximate surface area is 282 Å². The van der Waals surface area contributed by atoms with Crippen molar-refractivity contribution in [3.63, 3.8) is 0 Å². The second kappa shape index (κ2) is 36.6. The number of unbranched alkanes of at least 4 members (excludes halogenated alkanes) is 25. The van der Waals surface area contributed by atoms with Crippen molar-refractivity contribution in [3.05, 3.63) is 12.2 Å². The molecule has 0 aromatic rings. The predicted molar refractivity (Wildman–Crippen MR) is 194 cm³/mol. The van der Waals surface area contributed by atoms with Crippen molar-refractivity contribution in [1.82, 2.24) is 0 Å². The van der Waals surface area contributed by atoms with Gasteiger partial charge in [0.1, 0.15) is 12.7 Å². The molecule has 0 spiro atoms. The molecule has 0 aromatic heterocycles. The number of esters is 2. The molecule has 1 unspecified atom stereocenters. The van der Waals surface area contributed by atoms with E-state index in [-0.39, 0.29) is 18.5 Å². The van der Waals surface area contributed by atoms with Gasteiger partial charge in [-0.15, -0.1) is 0 Å². The zero-order valence-corrected chi connectivity index (χ0v) is 31.0. The van der Waals surface area contributed by atoms with Crippen molar-refractivity contribution in [1.29, 1.82) is 0 Å². The lowest BCUT2D eigenvalue weighted by molar-refractivity contribution is -0.157. The number of ether oxygens (including phenoxy) is 2. The molecule has 0 saturated carbocycles. The first-order valence-corrected chi connectivity index (χ1v) is 20.3. The highest BCUT2D eigenvalue weighted by Gasteiger charge is 2.15. The summed E-state index contributed by atoms with van der Waals surface area (Å²) in [6.07, 6.45) is 41.0. The summed E-state index contributed by atoms with van der Waals surface area (Å²) in [7, 11) is 0. The van der Waals surface area contributed by atoms with Gasteiger partial charge in [-0.05, 0) is 38.5 Å². The minimum absolute atomic E-state index is 0.140. The molecule has 0 aromatic carbocycles. The van der Waals surface area contributed by atoms with E-state index >= 15 is 0 Å². The summed E-state index contributed by atoms with van der Waals surface area (Å²) < 4.78 is 10.9. The maximum atomic E-state index is 12.2. The highest BCUT2D eigenvalue weighted by atomic mass is 79.9. The number of halogens is 1. The lowest BCUT2D eigenvalue weighted by atomic mass is 10.0. The number of hydrogen-bond acceptors (Lipinski definition) is 4. The summed E-state index contributed by atoms with van der Waals surface area (Å²) in [5.41, 5.74) is 0. The van der Waals surface area contributed by atoms with Gasteiger partial charge in [0, 0.05) is 18.2 Å². The molecule has 1 atom stereocenters. The fraction of sp³-hybridized carbons (Fsp3) is 0.897. The molecule has 0 fully saturated rings. The quantitative estimate of drug-likeness (QED) is 0.0288. The van der Waals surface area contributed by atoms with Crippen molar-refractivity contribution < 1.29 is 19.1 Å². The van der Waals surface area contributed by atoms with E-state index in [2.05, 4.69) is 41.9 Å². The third-order valence-corrected chi connectivity index (χ3v) is 9.25. The highest BCUT2D eigenvalue weighted by Crippen LogP contribution is 2.15. The van der Waals surface area contributed by atoms with Gasteiger partial charge >= 0.3 is 11.9 Å². The molecule has 0 bridgehead atoms. The van der Waals surface area contributed by atoms with Gasteiger partial charge in [0.15, 0.2) is 0 Å². The van der Waals surface area contributed by atoms with Crippen molar-refractivity contribution in [2.75, 3.05) is 11.9 Å². The molecule has 260 valence electrons. The molecule has 0 aliphatic rings. The number of carbonyl (C=O) groups excluding carboxylic acids is 2. The van der Waals surface area contributed by atoms with Gasteiger partial charge in [-0.3, -0.25) is 9.59 Å². The normalized spacial score (nSPS) is 12.2. The second-order valence-corrected chi connectivity index (χ2v) is 13.6. The number of alkyl halides is 1. The third-order valence-electron chi connectivity index (χ3n) is 8.53. The van der Waals surface area contributed by atoms with E-state index < -0.39 is 6.10 Å². The van der Waals surface area contributed by atoms with Gasteiger partial charge < -0.3 is 9.47 Å². The maximum Gasteiger partial charge on any atom is 0.306 e. The van der Waals surface area contributed by atoms with Gasteiger partial charge in [0.05, 0.1) is 0 Å². The smallest absolute Gasteiger partial charge is 0.306 e. The van der Waals surface area contributed by atoms with Crippen molar-refractivity contribution in [3.8, 4) is 0 Å². The molecule has 0 amide bonds. The zero-order valence-electron chi connectivity index (χ0n) is 29.4. The maximum absolute atomic E-state index is 12.2. The van der Waals surface area contributed by atoms with E-state index in [1.165, 1.54) is 148 Å². The van der Waals surface area contributed by atoms with Gasteiger partial charge in [-0.2, -0.15) is 0 Å². The van der Waals surface area contributed by atoms with Crippen LogP contribution in [0.3, 0.4) is 0 Å². The van der Waals surface area contributed by atoms with E-state index in [1.807, 2.05) is 0 Å². The monoisotopic (exact) mass is 684 g/mol. The van der Waals surface area contributed by atoms with Gasteiger partial charge in [0.2, 0.25) is 0 Å². The van der Waals surface area contributed by atoms with Gasteiger partial charge in [-0.1, -0.05) is 183 Å². The minimum Gasteiger partial charge on any atom is -0.462 e. The van der Waals surface area contributed by atoms with E-state index in [9.17, 15) is 9.59 Å². The van der Waals surface area contributed by atoms with Crippen LogP contribution in [-0.4, -0.2) is 30.0 Å². The molecule has 44 heavy (non-hydrogen) atoms. The lowest BCUT2D eigenvalue weighted by Gasteiger charge is -2.15. The molecular weight excluding hydrogens is 612 g/mol. The Kier molecular flexibility index (Phi) is 35.9. The molecule has 0 aliphatic carbocycles. The average Bonchev–Trinajstić information content (AvgIpc) is 3.02. The zero-order chi connectivity index (χ0) is 32.2. The fourth-order valence-corrected chi connectivity index (χ4v) is 5.91. The molecule has 4 nitrogen and oxygen atoms in total. The molecule has 0 heterocycles. The average molecular weight is 686 g/mol. The Bertz CT molecular complexity index is 636. The first-order chi connectivity index (χ1) is 21.6. The number of allylic oxidation sites excluding steroid dienone is 2. The Hall–Kier alpha value is -0.840. The third kappa shape index (κ3) is 34.0. The van der Waals surface area contributed by atoms with Crippen molar-refractivity contribution >= 4 is 27.9 Å². The molecule has 0 N–H and O–H groups in total. The Morgan fingerprint density at radius 3 is 1.23 bits per heavy atom. The number of hydrogen-bond donors (Lipinski definition) is 0. The van der Waals surface area contributed by atoms with Crippen LogP contribution in [0.25, 0.3) is 0 Å². The topological polar surface area (TPSA) is 52.6 Å². The Balaban J connectivity index is 3.53. The van der Waals surface area contributed by atoms with Crippen LogP contribution in [0.5, 0.6) is 0 Å². The first kappa shape index (κ1) is 43.2. The summed E-state index contributed by atoms with van der Waals surface area (Å²) in [6.45, 7) is 4.68. The fourth-order valence-electron chi connectivity index (χ4n) is 5.59. The van der Waals surface area contributed by atoms with Gasteiger partial charge in [-0.25, -0.2) is 0 Å². The van der Waals surface area contributed by atoms with Crippen LogP contribution in [0.2, 0.25) is 0 Å². The second-order valence-electron chi connectivity index (χ2n) is 13.0. The van der Waals surface area contributed by atoms with Crippen LogP contribution in [0, 0.1) is 0 Å². The molecule has 0 rings (SSSR count). The van der Waals surface area contributed by atoms with Crippen molar-refractivity contribution in [2.24, 2.45) is 0 Å². The molecule has 0 saturated heterocycles. The van der Waals surface area contributed by atoms with Crippen LogP contribution in [0.15, 0.2) is 12.2 Å². The van der Waals surface area contributed by atoms with Gasteiger partial charge in [0.25, 0.3) is 0 Å². The number of carbonyl (C=O) groups is 2. The minimum atomic E-state index is -0.407.